The standard InChI is InChI=1S/C19H30N2O3S/c1-16-2-3-18(25-16)13-21-8-11-23-15-19(14-21)5-4-17(24-19)12-20-6-9-22-10-7-20/h2-3,17H,4-15H2,1H3/t17-,19+/m1/s1. The second kappa shape index (κ2) is 8.03. The van der Waals surface area contributed by atoms with Crippen molar-refractivity contribution in [2.75, 3.05) is 59.2 Å². The number of hydrogen-bond acceptors (Lipinski definition) is 6. The second-order valence-corrected chi connectivity index (χ2v) is 9.02. The summed E-state index contributed by atoms with van der Waals surface area (Å²) in [5, 5.41) is 0. The summed E-state index contributed by atoms with van der Waals surface area (Å²) < 4.78 is 18.0. The highest BCUT2D eigenvalue weighted by molar-refractivity contribution is 7.11. The van der Waals surface area contributed by atoms with Gasteiger partial charge in [0.2, 0.25) is 0 Å². The summed E-state index contributed by atoms with van der Waals surface area (Å²) in [7, 11) is 0. The first-order valence-electron chi connectivity index (χ1n) is 9.54. The van der Waals surface area contributed by atoms with E-state index in [4.69, 9.17) is 14.2 Å². The minimum absolute atomic E-state index is 0.111. The molecule has 1 spiro atoms. The van der Waals surface area contributed by atoms with Gasteiger partial charge in [-0.25, -0.2) is 0 Å². The Balaban J connectivity index is 1.35. The fourth-order valence-corrected chi connectivity index (χ4v) is 5.16. The van der Waals surface area contributed by atoms with Crippen molar-refractivity contribution in [3.05, 3.63) is 21.9 Å². The highest BCUT2D eigenvalue weighted by atomic mass is 32.1. The van der Waals surface area contributed by atoms with Crippen LogP contribution in [0.5, 0.6) is 0 Å². The molecular formula is C19H30N2O3S. The van der Waals surface area contributed by atoms with E-state index in [9.17, 15) is 0 Å². The van der Waals surface area contributed by atoms with Gasteiger partial charge in [-0.15, -0.1) is 11.3 Å². The van der Waals surface area contributed by atoms with E-state index >= 15 is 0 Å². The summed E-state index contributed by atoms with van der Waals surface area (Å²) >= 11 is 1.90. The van der Waals surface area contributed by atoms with Crippen LogP contribution in [0.3, 0.4) is 0 Å². The maximum atomic E-state index is 6.60. The van der Waals surface area contributed by atoms with Gasteiger partial charge in [-0.1, -0.05) is 0 Å². The lowest BCUT2D eigenvalue weighted by molar-refractivity contribution is -0.0966. The van der Waals surface area contributed by atoms with Gasteiger partial charge in [-0.3, -0.25) is 9.80 Å². The molecule has 1 aromatic heterocycles. The first-order chi connectivity index (χ1) is 12.2. The largest absolute Gasteiger partial charge is 0.379 e. The van der Waals surface area contributed by atoms with E-state index in [0.717, 1.165) is 78.5 Å². The lowest BCUT2D eigenvalue weighted by Crippen LogP contribution is -2.46. The van der Waals surface area contributed by atoms with Crippen LogP contribution in [-0.4, -0.2) is 80.7 Å². The molecule has 0 aromatic carbocycles. The highest BCUT2D eigenvalue weighted by Gasteiger charge is 2.43. The number of morpholine rings is 1. The zero-order chi connectivity index (χ0) is 17.1. The highest BCUT2D eigenvalue weighted by Crippen LogP contribution is 2.34. The number of thiophene rings is 1. The Kier molecular flexibility index (Phi) is 5.74. The van der Waals surface area contributed by atoms with Crippen molar-refractivity contribution >= 4 is 11.3 Å². The van der Waals surface area contributed by atoms with Crippen LogP contribution in [0.1, 0.15) is 22.6 Å². The van der Waals surface area contributed by atoms with E-state index in [2.05, 4.69) is 28.9 Å². The Morgan fingerprint density at radius 1 is 1.12 bits per heavy atom. The van der Waals surface area contributed by atoms with Crippen LogP contribution >= 0.6 is 11.3 Å². The van der Waals surface area contributed by atoms with Crippen LogP contribution in [0.4, 0.5) is 0 Å². The maximum Gasteiger partial charge on any atom is 0.105 e. The van der Waals surface area contributed by atoms with Gasteiger partial charge in [0.05, 0.1) is 32.5 Å². The third-order valence-corrected chi connectivity index (χ3v) is 6.49. The number of ether oxygens (including phenoxy) is 3. The van der Waals surface area contributed by atoms with Gasteiger partial charge in [0.1, 0.15) is 5.60 Å². The molecule has 140 valence electrons. The molecule has 0 aliphatic carbocycles. The van der Waals surface area contributed by atoms with Crippen molar-refractivity contribution in [1.82, 2.24) is 9.80 Å². The number of hydrogen-bond donors (Lipinski definition) is 0. The fraction of sp³-hybridized carbons (Fsp3) is 0.789. The molecule has 3 fully saturated rings. The monoisotopic (exact) mass is 366 g/mol. The zero-order valence-corrected chi connectivity index (χ0v) is 16.1. The first-order valence-corrected chi connectivity index (χ1v) is 10.4. The molecule has 4 rings (SSSR count). The molecule has 0 N–H and O–H groups in total. The minimum Gasteiger partial charge on any atom is -0.379 e. The van der Waals surface area contributed by atoms with Crippen LogP contribution in [0.15, 0.2) is 12.1 Å². The zero-order valence-electron chi connectivity index (χ0n) is 15.2. The molecule has 0 radical (unpaired) electrons. The van der Waals surface area contributed by atoms with Gasteiger partial charge in [0.15, 0.2) is 0 Å². The summed E-state index contributed by atoms with van der Waals surface area (Å²) in [6.45, 7) is 11.5. The topological polar surface area (TPSA) is 34.2 Å². The third-order valence-electron chi connectivity index (χ3n) is 5.51. The molecule has 1 aromatic rings. The van der Waals surface area contributed by atoms with Gasteiger partial charge in [-0.2, -0.15) is 0 Å². The molecule has 4 heterocycles. The average molecular weight is 367 g/mol. The molecule has 3 aliphatic rings. The molecule has 5 nitrogen and oxygen atoms in total. The first kappa shape index (κ1) is 17.9. The van der Waals surface area contributed by atoms with E-state index in [-0.39, 0.29) is 5.60 Å². The van der Waals surface area contributed by atoms with Crippen molar-refractivity contribution in [3.8, 4) is 0 Å². The van der Waals surface area contributed by atoms with Gasteiger partial charge >= 0.3 is 0 Å². The van der Waals surface area contributed by atoms with Crippen LogP contribution in [0, 0.1) is 6.92 Å². The van der Waals surface area contributed by atoms with Crippen LogP contribution in [0.25, 0.3) is 0 Å². The Morgan fingerprint density at radius 2 is 1.92 bits per heavy atom. The molecule has 0 bridgehead atoms. The molecule has 0 unspecified atom stereocenters. The number of rotatable bonds is 4. The molecule has 3 aliphatic heterocycles. The Morgan fingerprint density at radius 3 is 2.72 bits per heavy atom. The lowest BCUT2D eigenvalue weighted by atomic mass is 10.00. The normalized spacial score (nSPS) is 32.3. The fourth-order valence-electron chi connectivity index (χ4n) is 4.23. The van der Waals surface area contributed by atoms with Gasteiger partial charge in [-0.05, 0) is 31.9 Å². The van der Waals surface area contributed by atoms with E-state index in [1.807, 2.05) is 11.3 Å². The second-order valence-electron chi connectivity index (χ2n) is 7.65. The Bertz CT molecular complexity index is 561. The molecule has 2 atom stereocenters. The molecular weight excluding hydrogens is 336 g/mol. The average Bonchev–Trinajstić information content (AvgIpc) is 3.12. The van der Waals surface area contributed by atoms with E-state index in [1.165, 1.54) is 9.75 Å². The lowest BCUT2D eigenvalue weighted by Gasteiger charge is -2.33. The smallest absolute Gasteiger partial charge is 0.105 e. The Hall–Kier alpha value is -0.500. The van der Waals surface area contributed by atoms with Crippen molar-refractivity contribution in [3.63, 3.8) is 0 Å². The molecule has 0 saturated carbocycles. The van der Waals surface area contributed by atoms with Crippen LogP contribution in [0.2, 0.25) is 0 Å². The SMILES string of the molecule is Cc1ccc(CN2CCOC[C@]3(CC[C@H](CN4CCOCC4)O3)C2)s1. The molecule has 6 heteroatoms. The summed E-state index contributed by atoms with van der Waals surface area (Å²) in [6, 6.07) is 4.48. The molecule has 25 heavy (non-hydrogen) atoms. The van der Waals surface area contributed by atoms with Crippen molar-refractivity contribution < 1.29 is 14.2 Å². The van der Waals surface area contributed by atoms with Gasteiger partial charge < -0.3 is 14.2 Å². The Labute approximate surface area is 154 Å². The quantitative estimate of drug-likeness (QED) is 0.816. The number of aryl methyl sites for hydroxylation is 1. The van der Waals surface area contributed by atoms with E-state index < -0.39 is 0 Å². The molecule has 0 amide bonds. The van der Waals surface area contributed by atoms with E-state index in [1.54, 1.807) is 0 Å². The van der Waals surface area contributed by atoms with Crippen molar-refractivity contribution in [2.45, 2.75) is 38.0 Å². The molecule has 3 saturated heterocycles. The summed E-state index contributed by atoms with van der Waals surface area (Å²) in [6.07, 6.45) is 2.60. The van der Waals surface area contributed by atoms with Gasteiger partial charge in [0, 0.05) is 49.0 Å². The van der Waals surface area contributed by atoms with E-state index in [0.29, 0.717) is 6.10 Å². The summed E-state index contributed by atoms with van der Waals surface area (Å²) in [4.78, 5) is 7.84. The van der Waals surface area contributed by atoms with Crippen molar-refractivity contribution in [2.24, 2.45) is 0 Å². The van der Waals surface area contributed by atoms with Crippen LogP contribution in [-0.2, 0) is 20.8 Å². The van der Waals surface area contributed by atoms with Crippen LogP contribution < -0.4 is 0 Å². The third kappa shape index (κ3) is 4.62. The maximum absolute atomic E-state index is 6.60. The van der Waals surface area contributed by atoms with Gasteiger partial charge in [0.25, 0.3) is 0 Å². The minimum atomic E-state index is -0.111. The summed E-state index contributed by atoms with van der Waals surface area (Å²) in [5.41, 5.74) is -0.111. The number of nitrogens with zero attached hydrogens (tertiary/aromatic N) is 2. The predicted octanol–water partition coefficient (Wildman–Crippen LogP) is 2.14. The summed E-state index contributed by atoms with van der Waals surface area (Å²) in [5.74, 6) is 0. The predicted molar refractivity (Wildman–Crippen MR) is 99.2 cm³/mol. The van der Waals surface area contributed by atoms with Crippen molar-refractivity contribution in [1.29, 1.82) is 0 Å².